The summed E-state index contributed by atoms with van der Waals surface area (Å²) < 4.78 is 54.5. The predicted octanol–water partition coefficient (Wildman–Crippen LogP) is 5.06. The van der Waals surface area contributed by atoms with Crippen LogP contribution >= 0.6 is 11.6 Å². The Morgan fingerprint density at radius 2 is 1.88 bits per heavy atom. The third-order valence-corrected chi connectivity index (χ3v) is 8.60. The number of halogens is 5. The largest absolute Gasteiger partial charge is 0.406 e. The fourth-order valence-corrected chi connectivity index (χ4v) is 6.51. The van der Waals surface area contributed by atoms with Crippen LogP contribution in [-0.2, 0) is 22.6 Å². The van der Waals surface area contributed by atoms with Crippen LogP contribution in [0.1, 0.15) is 41.9 Å². The van der Waals surface area contributed by atoms with E-state index in [1.54, 1.807) is 29.2 Å². The van der Waals surface area contributed by atoms with E-state index in [1.165, 1.54) is 12.3 Å². The first-order chi connectivity index (χ1) is 20.0. The van der Waals surface area contributed by atoms with Gasteiger partial charge in [-0.3, -0.25) is 19.5 Å². The Balaban J connectivity index is 1.20. The van der Waals surface area contributed by atoms with Crippen molar-refractivity contribution in [2.24, 2.45) is 5.92 Å². The fourth-order valence-electron chi connectivity index (χ4n) is 6.24. The number of nitrogens with zero attached hydrogens (tertiary/aromatic N) is 3. The van der Waals surface area contributed by atoms with Crippen LogP contribution in [0.3, 0.4) is 0 Å². The van der Waals surface area contributed by atoms with E-state index in [9.17, 15) is 31.9 Å². The van der Waals surface area contributed by atoms with Crippen molar-refractivity contribution < 1.29 is 27.2 Å². The van der Waals surface area contributed by atoms with Crippen molar-refractivity contribution in [2.75, 3.05) is 19.6 Å². The van der Waals surface area contributed by atoms with Crippen molar-refractivity contribution in [1.82, 2.24) is 25.0 Å². The molecule has 4 aromatic rings. The maximum atomic E-state index is 14.1. The van der Waals surface area contributed by atoms with Crippen LogP contribution in [0.2, 0.25) is 5.02 Å². The smallest absolute Gasteiger partial charge is 0.343 e. The highest BCUT2D eigenvalue weighted by Crippen LogP contribution is 2.36. The second kappa shape index (κ2) is 10.7. The molecule has 1 atom stereocenters. The maximum absolute atomic E-state index is 14.1. The number of pyridine rings is 1. The Kier molecular flexibility index (Phi) is 7.20. The van der Waals surface area contributed by atoms with Gasteiger partial charge in [0.1, 0.15) is 12.4 Å². The molecule has 2 aromatic heterocycles. The molecule has 0 unspecified atom stereocenters. The van der Waals surface area contributed by atoms with Gasteiger partial charge in [0.25, 0.3) is 5.56 Å². The van der Waals surface area contributed by atoms with Gasteiger partial charge in [-0.1, -0.05) is 23.7 Å². The zero-order valence-electron chi connectivity index (χ0n) is 22.2. The molecule has 2 aliphatic heterocycles. The lowest BCUT2D eigenvalue weighted by Gasteiger charge is -2.33. The van der Waals surface area contributed by atoms with Gasteiger partial charge in [-0.2, -0.15) is 18.3 Å². The molecule has 2 amide bonds. The molecule has 0 bridgehead atoms. The van der Waals surface area contributed by atoms with E-state index in [0.717, 1.165) is 4.90 Å². The number of aromatic nitrogens is 3. The van der Waals surface area contributed by atoms with Crippen LogP contribution in [-0.4, -0.2) is 62.6 Å². The zero-order chi connectivity index (χ0) is 29.8. The summed E-state index contributed by atoms with van der Waals surface area (Å²) in [6.07, 6.45) is -2.38. The number of rotatable bonds is 4. The number of H-pyrrole nitrogens is 2. The first kappa shape index (κ1) is 28.2. The van der Waals surface area contributed by atoms with Crippen LogP contribution in [0.15, 0.2) is 41.3 Å². The van der Waals surface area contributed by atoms with E-state index >= 15 is 0 Å². The van der Waals surface area contributed by atoms with Crippen molar-refractivity contribution >= 4 is 45.2 Å². The number of aromatic amines is 2. The molecule has 0 saturated carbocycles. The van der Waals surface area contributed by atoms with Crippen LogP contribution in [0, 0.1) is 11.7 Å². The SMILES string of the molecule is O=C(C[C@@H]1Cc2cc(Cl)c3[nH]ncc3c2CN(CC(F)(F)F)C1=O)N1CCC(c2cc3cccc(F)c3[nH]c2=O)CC1. The van der Waals surface area contributed by atoms with Gasteiger partial charge in [0, 0.05) is 42.4 Å². The average Bonchev–Trinajstić information content (AvgIpc) is 3.40. The van der Waals surface area contributed by atoms with E-state index in [0.29, 0.717) is 63.9 Å². The van der Waals surface area contributed by atoms with Gasteiger partial charge in [-0.15, -0.1) is 0 Å². The van der Waals surface area contributed by atoms with E-state index < -0.39 is 30.4 Å². The van der Waals surface area contributed by atoms with Crippen molar-refractivity contribution in [3.63, 3.8) is 0 Å². The van der Waals surface area contributed by atoms with Gasteiger partial charge in [0.2, 0.25) is 11.8 Å². The van der Waals surface area contributed by atoms with Crippen LogP contribution in [0.25, 0.3) is 21.8 Å². The van der Waals surface area contributed by atoms with Gasteiger partial charge in [0.15, 0.2) is 0 Å². The minimum absolute atomic E-state index is 0.0641. The zero-order valence-corrected chi connectivity index (χ0v) is 23.0. The van der Waals surface area contributed by atoms with Crippen LogP contribution in [0.4, 0.5) is 17.6 Å². The number of alkyl halides is 3. The molecule has 6 rings (SSSR count). The summed E-state index contributed by atoms with van der Waals surface area (Å²) in [7, 11) is 0. The summed E-state index contributed by atoms with van der Waals surface area (Å²) >= 11 is 6.39. The minimum Gasteiger partial charge on any atom is -0.343 e. The van der Waals surface area contributed by atoms with Crippen molar-refractivity contribution in [3.8, 4) is 0 Å². The summed E-state index contributed by atoms with van der Waals surface area (Å²) in [4.78, 5) is 44.4. The Bertz CT molecular complexity index is 1760. The molecule has 4 heterocycles. The second-order valence-corrected chi connectivity index (χ2v) is 11.4. The Morgan fingerprint density at radius 3 is 2.62 bits per heavy atom. The lowest BCUT2D eigenvalue weighted by molar-refractivity contribution is -0.165. The number of nitrogens with one attached hydrogen (secondary N) is 2. The summed E-state index contributed by atoms with van der Waals surface area (Å²) in [6, 6.07) is 7.85. The van der Waals surface area contributed by atoms with Gasteiger partial charge < -0.3 is 14.8 Å². The lowest BCUT2D eigenvalue weighted by atomic mass is 9.88. The number of carbonyl (C=O) groups excluding carboxylic acids is 2. The molecule has 1 saturated heterocycles. The van der Waals surface area contributed by atoms with Crippen LogP contribution < -0.4 is 5.56 Å². The average molecular weight is 604 g/mol. The topological polar surface area (TPSA) is 102 Å². The first-order valence-electron chi connectivity index (χ1n) is 13.6. The third-order valence-electron chi connectivity index (χ3n) is 8.30. The molecule has 0 aliphatic carbocycles. The number of likely N-dealkylation sites (tertiary alicyclic amines) is 1. The third kappa shape index (κ3) is 5.35. The fraction of sp³-hybridized carbons (Fsp3) is 0.379. The lowest BCUT2D eigenvalue weighted by Crippen LogP contribution is -2.44. The monoisotopic (exact) mass is 603 g/mol. The minimum atomic E-state index is -4.62. The quantitative estimate of drug-likeness (QED) is 0.319. The molecular weight excluding hydrogens is 578 g/mol. The maximum Gasteiger partial charge on any atom is 0.406 e. The Hall–Kier alpha value is -3.93. The summed E-state index contributed by atoms with van der Waals surface area (Å²) in [5.74, 6) is -2.75. The predicted molar refractivity (Wildman–Crippen MR) is 147 cm³/mol. The number of benzene rings is 2. The van der Waals surface area contributed by atoms with Crippen LogP contribution in [0.5, 0.6) is 0 Å². The van der Waals surface area contributed by atoms with Crippen molar-refractivity contribution in [3.05, 3.63) is 74.4 Å². The molecule has 13 heteroatoms. The molecule has 1 fully saturated rings. The molecule has 220 valence electrons. The standard InChI is InChI=1S/C29H26ClF4N5O3/c30-22-10-17-8-18(28(42)39(14-29(32,33)34)13-21(17)20-12-35-37-26(20)22)11-24(40)38-6-4-15(5-7-38)19-9-16-2-1-3-23(31)25(16)36-27(19)41/h1-3,9-10,12,15,18H,4-8,11,13-14H2,(H,35,37)(H,36,41)/t18-/m0/s1. The molecular formula is C29H26ClF4N5O3. The number of hydrogen-bond acceptors (Lipinski definition) is 4. The second-order valence-electron chi connectivity index (χ2n) is 11.0. The van der Waals surface area contributed by atoms with Gasteiger partial charge in [-0.05, 0) is 54.5 Å². The molecule has 0 radical (unpaired) electrons. The first-order valence-corrected chi connectivity index (χ1v) is 13.9. The molecule has 0 spiro atoms. The number of carbonyl (C=O) groups is 2. The normalized spacial score (nSPS) is 18.5. The number of hydrogen-bond donors (Lipinski definition) is 2. The van der Waals surface area contributed by atoms with Crippen molar-refractivity contribution in [1.29, 1.82) is 0 Å². The number of fused-ring (bicyclic) bond motifs is 4. The number of piperidine rings is 1. The molecule has 8 nitrogen and oxygen atoms in total. The number of para-hydroxylation sites is 1. The van der Waals surface area contributed by atoms with Gasteiger partial charge in [-0.25, -0.2) is 4.39 Å². The van der Waals surface area contributed by atoms with E-state index in [-0.39, 0.29) is 42.3 Å². The summed E-state index contributed by atoms with van der Waals surface area (Å²) in [5.41, 5.74) is 1.88. The van der Waals surface area contributed by atoms with E-state index in [1.807, 2.05) is 0 Å². The number of amides is 2. The van der Waals surface area contributed by atoms with Gasteiger partial charge >= 0.3 is 6.18 Å². The van der Waals surface area contributed by atoms with Gasteiger partial charge in [0.05, 0.1) is 28.2 Å². The van der Waals surface area contributed by atoms with E-state index in [4.69, 9.17) is 11.6 Å². The molecule has 2 aromatic carbocycles. The highest BCUT2D eigenvalue weighted by Gasteiger charge is 2.39. The van der Waals surface area contributed by atoms with E-state index in [2.05, 4.69) is 15.2 Å². The summed E-state index contributed by atoms with van der Waals surface area (Å²) in [5, 5.41) is 8.15. The van der Waals surface area contributed by atoms with Crippen molar-refractivity contribution in [2.45, 2.75) is 44.3 Å². The highest BCUT2D eigenvalue weighted by molar-refractivity contribution is 6.35. The molecule has 2 N–H and O–H groups in total. The Labute approximate surface area is 241 Å². The summed E-state index contributed by atoms with van der Waals surface area (Å²) in [6.45, 7) is -1.08. The highest BCUT2D eigenvalue weighted by atomic mass is 35.5. The molecule has 42 heavy (non-hydrogen) atoms. The molecule has 2 aliphatic rings. The Morgan fingerprint density at radius 1 is 1.12 bits per heavy atom.